The van der Waals surface area contributed by atoms with E-state index < -0.39 is 65.4 Å². The van der Waals surface area contributed by atoms with Gasteiger partial charge in [0.05, 0.1) is 11.3 Å². The number of aliphatic hydroxyl groups is 1. The van der Waals surface area contributed by atoms with Gasteiger partial charge in [-0.1, -0.05) is 0 Å². The average molecular weight is 398 g/mol. The van der Waals surface area contributed by atoms with Crippen molar-refractivity contribution in [3.8, 4) is 0 Å². The number of nitrogen functional groups attached to an aromatic ring is 1. The minimum absolute atomic E-state index is 0.162. The number of Topliss-reactive ketones (excluding diaryl/α,β-unsaturated/α-hetero) is 1. The molecule has 0 fully saturated rings. The van der Waals surface area contributed by atoms with Crippen LogP contribution in [0.25, 0.3) is 0 Å². The van der Waals surface area contributed by atoms with Crippen LogP contribution in [0.2, 0.25) is 0 Å². The fourth-order valence-corrected chi connectivity index (χ4v) is 1.80. The van der Waals surface area contributed by atoms with Crippen molar-refractivity contribution >= 4 is 11.5 Å². The number of carbonyl (C=O) groups is 1. The molecule has 148 valence electrons. The third kappa shape index (κ3) is 4.77. The molecule has 0 aliphatic rings. The molecular weight excluding hydrogens is 387 g/mol. The van der Waals surface area contributed by atoms with Gasteiger partial charge in [0.1, 0.15) is 5.69 Å². The molecule has 1 aromatic heterocycles. The van der Waals surface area contributed by atoms with Crippen molar-refractivity contribution in [2.75, 3.05) is 5.73 Å². The van der Waals surface area contributed by atoms with Crippen molar-refractivity contribution in [3.05, 3.63) is 23.0 Å². The molecule has 0 bridgehead atoms. The number of anilines is 1. The topological polar surface area (TPSA) is 76.2 Å². The lowest BCUT2D eigenvalue weighted by Crippen LogP contribution is -2.42. The standard InChI is InChI=1S/C13H11F9N2O2/c1-10(26,13(20,21)22)3-2-7(25)8-6(23)4-5(11(14,15)16)9(24-8)12(17,18)19/h4,26H,2-3,23H2,1H3/t10-/m1/s1. The number of ketones is 1. The molecule has 0 aromatic carbocycles. The Hall–Kier alpha value is -2.05. The van der Waals surface area contributed by atoms with Gasteiger partial charge in [-0.05, 0) is 19.4 Å². The van der Waals surface area contributed by atoms with Crippen molar-refractivity contribution in [1.82, 2.24) is 4.98 Å². The van der Waals surface area contributed by atoms with E-state index in [1.807, 2.05) is 0 Å². The van der Waals surface area contributed by atoms with Gasteiger partial charge >= 0.3 is 18.5 Å². The van der Waals surface area contributed by atoms with Crippen LogP contribution in [0, 0.1) is 0 Å². The Morgan fingerprint density at radius 1 is 1.08 bits per heavy atom. The molecule has 0 radical (unpaired) electrons. The van der Waals surface area contributed by atoms with Crippen LogP contribution in [-0.2, 0) is 12.4 Å². The minimum Gasteiger partial charge on any atom is -0.397 e. The smallest absolute Gasteiger partial charge is 0.397 e. The third-order valence-electron chi connectivity index (χ3n) is 3.34. The van der Waals surface area contributed by atoms with Crippen molar-refractivity contribution in [2.45, 2.75) is 43.9 Å². The molecule has 0 aliphatic carbocycles. The van der Waals surface area contributed by atoms with Gasteiger partial charge in [-0.2, -0.15) is 39.5 Å². The van der Waals surface area contributed by atoms with Gasteiger partial charge in [-0.25, -0.2) is 4.98 Å². The number of nitrogens with zero attached hydrogens (tertiary/aromatic N) is 1. The number of halogens is 9. The minimum atomic E-state index is -5.59. The van der Waals surface area contributed by atoms with Crippen molar-refractivity contribution in [1.29, 1.82) is 0 Å². The molecule has 0 amide bonds. The monoisotopic (exact) mass is 398 g/mol. The van der Waals surface area contributed by atoms with Crippen LogP contribution in [0.1, 0.15) is 41.5 Å². The van der Waals surface area contributed by atoms with Crippen molar-refractivity contribution in [2.24, 2.45) is 0 Å². The van der Waals surface area contributed by atoms with E-state index in [0.29, 0.717) is 6.92 Å². The Morgan fingerprint density at radius 3 is 1.96 bits per heavy atom. The third-order valence-corrected chi connectivity index (χ3v) is 3.34. The lowest BCUT2D eigenvalue weighted by molar-refractivity contribution is -0.254. The quantitative estimate of drug-likeness (QED) is 0.594. The summed E-state index contributed by atoms with van der Waals surface area (Å²) in [5.74, 6) is -1.48. The lowest BCUT2D eigenvalue weighted by Gasteiger charge is -2.25. The molecular formula is C13H11F9N2O2. The molecule has 4 nitrogen and oxygen atoms in total. The highest BCUT2D eigenvalue weighted by Gasteiger charge is 2.50. The molecule has 1 rings (SSSR count). The molecule has 1 atom stereocenters. The van der Waals surface area contributed by atoms with Gasteiger partial charge in [0.25, 0.3) is 0 Å². The molecule has 0 aliphatic heterocycles. The zero-order chi connectivity index (χ0) is 20.7. The zero-order valence-electron chi connectivity index (χ0n) is 12.8. The van der Waals surface area contributed by atoms with Crippen LogP contribution in [0.15, 0.2) is 6.07 Å². The summed E-state index contributed by atoms with van der Waals surface area (Å²) in [6.07, 6.45) is -18.6. The first-order valence-corrected chi connectivity index (χ1v) is 6.65. The number of alkyl halides is 9. The summed E-state index contributed by atoms with van der Waals surface area (Å²) in [6.45, 7) is 0.324. The number of aromatic nitrogens is 1. The summed E-state index contributed by atoms with van der Waals surface area (Å²) in [5.41, 5.74) is -5.23. The highest BCUT2D eigenvalue weighted by atomic mass is 19.4. The molecule has 0 spiro atoms. The highest BCUT2D eigenvalue weighted by Crippen LogP contribution is 2.41. The molecule has 0 unspecified atom stereocenters. The van der Waals surface area contributed by atoms with Crippen molar-refractivity contribution in [3.63, 3.8) is 0 Å². The van der Waals surface area contributed by atoms with Crippen LogP contribution in [0.3, 0.4) is 0 Å². The summed E-state index contributed by atoms with van der Waals surface area (Å²) in [7, 11) is 0. The maximum absolute atomic E-state index is 12.8. The average Bonchev–Trinajstić information content (AvgIpc) is 2.41. The fourth-order valence-electron chi connectivity index (χ4n) is 1.80. The highest BCUT2D eigenvalue weighted by molar-refractivity contribution is 5.99. The number of pyridine rings is 1. The molecule has 1 aromatic rings. The Morgan fingerprint density at radius 2 is 1.58 bits per heavy atom. The molecule has 3 N–H and O–H groups in total. The number of rotatable bonds is 4. The van der Waals surface area contributed by atoms with E-state index in [1.54, 1.807) is 0 Å². The van der Waals surface area contributed by atoms with E-state index in [9.17, 15) is 49.4 Å². The van der Waals surface area contributed by atoms with Gasteiger partial charge in [0.2, 0.25) is 0 Å². The van der Waals surface area contributed by atoms with E-state index in [1.165, 1.54) is 0 Å². The summed E-state index contributed by atoms with van der Waals surface area (Å²) >= 11 is 0. The van der Waals surface area contributed by atoms with Crippen LogP contribution < -0.4 is 5.73 Å². The maximum Gasteiger partial charge on any atom is 0.433 e. The second-order valence-corrected chi connectivity index (χ2v) is 5.51. The normalized spacial score (nSPS) is 15.7. The van der Waals surface area contributed by atoms with E-state index in [2.05, 4.69) is 4.98 Å². The largest absolute Gasteiger partial charge is 0.433 e. The predicted molar refractivity (Wildman–Crippen MR) is 68.9 cm³/mol. The van der Waals surface area contributed by atoms with E-state index in [0.717, 1.165) is 0 Å². The van der Waals surface area contributed by atoms with Crippen molar-refractivity contribution < 1.29 is 49.4 Å². The van der Waals surface area contributed by atoms with E-state index in [-0.39, 0.29) is 6.07 Å². The number of nitrogens with two attached hydrogens (primary N) is 1. The zero-order valence-corrected chi connectivity index (χ0v) is 12.8. The van der Waals surface area contributed by atoms with Gasteiger partial charge in [0.15, 0.2) is 17.1 Å². The molecule has 0 saturated carbocycles. The Labute approximate surface area is 139 Å². The van der Waals surface area contributed by atoms with Crippen LogP contribution >= 0.6 is 0 Å². The van der Waals surface area contributed by atoms with Crippen LogP contribution in [0.5, 0.6) is 0 Å². The SMILES string of the molecule is C[C@@](O)(CCC(=O)c1nc(C(F)(F)F)c(C(F)(F)F)cc1N)C(F)(F)F. The number of hydrogen-bond acceptors (Lipinski definition) is 4. The first kappa shape index (κ1) is 22.0. The summed E-state index contributed by atoms with van der Waals surface area (Å²) in [6, 6.07) is -0.162. The van der Waals surface area contributed by atoms with Gasteiger partial charge < -0.3 is 10.8 Å². The molecule has 26 heavy (non-hydrogen) atoms. The molecule has 0 saturated heterocycles. The Balaban J connectivity index is 3.28. The predicted octanol–water partition coefficient (Wildman–Crippen LogP) is 3.98. The summed E-state index contributed by atoms with van der Waals surface area (Å²) in [5, 5.41) is 9.19. The second kappa shape index (κ2) is 6.59. The van der Waals surface area contributed by atoms with E-state index >= 15 is 0 Å². The summed E-state index contributed by atoms with van der Waals surface area (Å²) < 4.78 is 114. The maximum atomic E-state index is 12.8. The lowest BCUT2D eigenvalue weighted by atomic mass is 9.96. The Kier molecular flexibility index (Phi) is 5.58. The number of carbonyl (C=O) groups excluding carboxylic acids is 1. The fraction of sp³-hybridized carbons (Fsp3) is 0.538. The first-order valence-electron chi connectivity index (χ1n) is 6.65. The van der Waals surface area contributed by atoms with Crippen LogP contribution in [-0.4, -0.2) is 27.7 Å². The van der Waals surface area contributed by atoms with Gasteiger partial charge in [0, 0.05) is 6.42 Å². The molecule has 13 heteroatoms. The van der Waals surface area contributed by atoms with Gasteiger partial charge in [-0.3, -0.25) is 4.79 Å². The molecule has 1 heterocycles. The first-order chi connectivity index (χ1) is 11.4. The van der Waals surface area contributed by atoms with Gasteiger partial charge in [-0.15, -0.1) is 0 Å². The summed E-state index contributed by atoms with van der Waals surface area (Å²) in [4.78, 5) is 14.4. The van der Waals surface area contributed by atoms with Crippen LogP contribution in [0.4, 0.5) is 45.2 Å². The number of hydrogen-bond donors (Lipinski definition) is 2. The second-order valence-electron chi connectivity index (χ2n) is 5.51. The van der Waals surface area contributed by atoms with E-state index in [4.69, 9.17) is 5.73 Å². The Bertz CT molecular complexity index is 691.